The maximum Gasteiger partial charge on any atom is 0.314 e. The van der Waals surface area contributed by atoms with Crippen LogP contribution in [0.4, 0.5) is 4.79 Å². The fourth-order valence-corrected chi connectivity index (χ4v) is 1.75. The molecule has 2 amide bonds. The monoisotopic (exact) mass is 266 g/mol. The molecule has 0 saturated carbocycles. The van der Waals surface area contributed by atoms with Crippen molar-refractivity contribution in [2.24, 2.45) is 0 Å². The van der Waals surface area contributed by atoms with E-state index in [2.05, 4.69) is 10.6 Å². The van der Waals surface area contributed by atoms with Crippen molar-refractivity contribution in [2.75, 3.05) is 27.3 Å². The van der Waals surface area contributed by atoms with Crippen LogP contribution in [0, 0.1) is 0 Å². The largest absolute Gasteiger partial charge is 0.493 e. The molecule has 0 unspecified atom stereocenters. The molecule has 0 saturated heterocycles. The van der Waals surface area contributed by atoms with Gasteiger partial charge < -0.3 is 20.1 Å². The van der Waals surface area contributed by atoms with Crippen LogP contribution in [0.25, 0.3) is 0 Å². The maximum atomic E-state index is 11.2. The summed E-state index contributed by atoms with van der Waals surface area (Å²) in [4.78, 5) is 11.2. The normalized spacial score (nSPS) is 9.84. The highest BCUT2D eigenvalue weighted by Gasteiger charge is 2.04. The first-order valence-corrected chi connectivity index (χ1v) is 6.43. The van der Waals surface area contributed by atoms with E-state index in [0.29, 0.717) is 13.1 Å². The lowest BCUT2D eigenvalue weighted by atomic mass is 10.1. The summed E-state index contributed by atoms with van der Waals surface area (Å²) in [5.74, 6) is 1.46. The van der Waals surface area contributed by atoms with Crippen LogP contribution in [0.2, 0.25) is 0 Å². The minimum Gasteiger partial charge on any atom is -0.493 e. The Morgan fingerprint density at radius 3 is 2.53 bits per heavy atom. The molecule has 0 aliphatic carbocycles. The molecule has 2 N–H and O–H groups in total. The maximum absolute atomic E-state index is 11.2. The smallest absolute Gasteiger partial charge is 0.314 e. The molecule has 0 atom stereocenters. The second-order valence-corrected chi connectivity index (χ2v) is 4.08. The molecular weight excluding hydrogens is 244 g/mol. The third kappa shape index (κ3) is 5.07. The van der Waals surface area contributed by atoms with E-state index in [-0.39, 0.29) is 6.03 Å². The molecule has 0 fully saturated rings. The fraction of sp³-hybridized carbons (Fsp3) is 0.500. The molecule has 5 heteroatoms. The van der Waals surface area contributed by atoms with E-state index in [1.165, 1.54) is 0 Å². The zero-order chi connectivity index (χ0) is 14.1. The van der Waals surface area contributed by atoms with Crippen molar-refractivity contribution in [3.63, 3.8) is 0 Å². The minimum absolute atomic E-state index is 0.116. The number of nitrogens with one attached hydrogen (secondary N) is 2. The van der Waals surface area contributed by atoms with Gasteiger partial charge in [-0.05, 0) is 37.5 Å². The highest BCUT2D eigenvalue weighted by atomic mass is 16.5. The summed E-state index contributed by atoms with van der Waals surface area (Å²) < 4.78 is 10.4. The number of urea groups is 1. The van der Waals surface area contributed by atoms with E-state index in [9.17, 15) is 4.79 Å². The van der Waals surface area contributed by atoms with Gasteiger partial charge in [-0.3, -0.25) is 0 Å². The molecule has 0 aliphatic heterocycles. The van der Waals surface area contributed by atoms with Crippen LogP contribution in [-0.2, 0) is 6.42 Å². The van der Waals surface area contributed by atoms with E-state index in [0.717, 1.165) is 29.9 Å². The summed E-state index contributed by atoms with van der Waals surface area (Å²) in [5, 5.41) is 5.49. The van der Waals surface area contributed by atoms with Crippen LogP contribution >= 0.6 is 0 Å². The highest BCUT2D eigenvalue weighted by molar-refractivity contribution is 5.73. The van der Waals surface area contributed by atoms with Gasteiger partial charge in [-0.25, -0.2) is 4.79 Å². The molecule has 0 heterocycles. The predicted molar refractivity (Wildman–Crippen MR) is 74.9 cm³/mol. The highest BCUT2D eigenvalue weighted by Crippen LogP contribution is 2.27. The molecular formula is C14H22N2O3. The molecule has 0 radical (unpaired) electrons. The van der Waals surface area contributed by atoms with Crippen molar-refractivity contribution in [3.8, 4) is 11.5 Å². The van der Waals surface area contributed by atoms with Gasteiger partial charge in [0.25, 0.3) is 0 Å². The van der Waals surface area contributed by atoms with Gasteiger partial charge in [0.1, 0.15) is 0 Å². The van der Waals surface area contributed by atoms with Gasteiger partial charge >= 0.3 is 6.03 Å². The zero-order valence-electron chi connectivity index (χ0n) is 11.8. The van der Waals surface area contributed by atoms with E-state index in [1.54, 1.807) is 14.2 Å². The first-order chi connectivity index (χ1) is 9.21. The summed E-state index contributed by atoms with van der Waals surface area (Å²) in [7, 11) is 3.24. The molecule has 0 aliphatic rings. The second-order valence-electron chi connectivity index (χ2n) is 4.08. The summed E-state index contributed by atoms with van der Waals surface area (Å²) in [6.07, 6.45) is 1.76. The molecule has 5 nitrogen and oxygen atoms in total. The van der Waals surface area contributed by atoms with Gasteiger partial charge in [-0.2, -0.15) is 0 Å². The molecule has 0 bridgehead atoms. The van der Waals surface area contributed by atoms with Crippen LogP contribution < -0.4 is 20.1 Å². The summed E-state index contributed by atoms with van der Waals surface area (Å²) in [6.45, 7) is 3.19. The average Bonchev–Trinajstić information content (AvgIpc) is 2.43. The predicted octanol–water partition coefficient (Wildman–Crippen LogP) is 1.96. The Kier molecular flexibility index (Phi) is 6.57. The molecule has 0 spiro atoms. The number of amides is 2. The first kappa shape index (κ1) is 15.1. The van der Waals surface area contributed by atoms with E-state index in [1.807, 2.05) is 25.1 Å². The Hall–Kier alpha value is -1.91. The van der Waals surface area contributed by atoms with Crippen LogP contribution in [0.5, 0.6) is 11.5 Å². The number of hydrogen-bond donors (Lipinski definition) is 2. The van der Waals surface area contributed by atoms with Crippen LogP contribution in [-0.4, -0.2) is 33.3 Å². The third-order valence-electron chi connectivity index (χ3n) is 2.71. The topological polar surface area (TPSA) is 59.6 Å². The Morgan fingerprint density at radius 2 is 1.89 bits per heavy atom. The molecule has 19 heavy (non-hydrogen) atoms. The number of carbonyl (C=O) groups is 1. The number of hydrogen-bond acceptors (Lipinski definition) is 3. The van der Waals surface area contributed by atoms with Gasteiger partial charge in [-0.15, -0.1) is 0 Å². The van der Waals surface area contributed by atoms with Crippen LogP contribution in [0.3, 0.4) is 0 Å². The zero-order valence-corrected chi connectivity index (χ0v) is 11.8. The second kappa shape index (κ2) is 8.24. The number of methoxy groups -OCH3 is 2. The number of ether oxygens (including phenoxy) is 2. The number of rotatable bonds is 7. The van der Waals surface area contributed by atoms with Crippen LogP contribution in [0.15, 0.2) is 18.2 Å². The number of benzene rings is 1. The lowest BCUT2D eigenvalue weighted by Crippen LogP contribution is -2.35. The van der Waals surface area contributed by atoms with Gasteiger partial charge in [0.2, 0.25) is 0 Å². The van der Waals surface area contributed by atoms with Crippen molar-refractivity contribution in [1.82, 2.24) is 10.6 Å². The van der Waals surface area contributed by atoms with Crippen molar-refractivity contribution in [1.29, 1.82) is 0 Å². The Labute approximate surface area is 114 Å². The van der Waals surface area contributed by atoms with E-state index in [4.69, 9.17) is 9.47 Å². The molecule has 1 aromatic rings. The summed E-state index contributed by atoms with van der Waals surface area (Å²) >= 11 is 0. The van der Waals surface area contributed by atoms with Crippen molar-refractivity contribution in [2.45, 2.75) is 19.8 Å². The minimum atomic E-state index is -0.116. The summed E-state index contributed by atoms with van der Waals surface area (Å²) in [5.41, 5.74) is 1.16. The van der Waals surface area contributed by atoms with Crippen molar-refractivity contribution < 1.29 is 14.3 Å². The first-order valence-electron chi connectivity index (χ1n) is 6.43. The Bertz CT molecular complexity index is 408. The van der Waals surface area contributed by atoms with Gasteiger partial charge in [0.15, 0.2) is 11.5 Å². The van der Waals surface area contributed by atoms with E-state index < -0.39 is 0 Å². The van der Waals surface area contributed by atoms with Gasteiger partial charge in [0.05, 0.1) is 14.2 Å². The molecule has 1 rings (SSSR count). The number of aryl methyl sites for hydroxylation is 1. The number of carbonyl (C=O) groups excluding carboxylic acids is 1. The standard InChI is InChI=1S/C14H22N2O3/c1-4-15-14(17)16-9-5-6-11-7-8-12(18-2)13(10-11)19-3/h7-8,10H,4-6,9H2,1-3H3,(H2,15,16,17). The lowest BCUT2D eigenvalue weighted by Gasteiger charge is -2.10. The quantitative estimate of drug-likeness (QED) is 0.742. The third-order valence-corrected chi connectivity index (χ3v) is 2.71. The molecule has 0 aromatic heterocycles. The molecule has 1 aromatic carbocycles. The van der Waals surface area contributed by atoms with Crippen LogP contribution in [0.1, 0.15) is 18.9 Å². The lowest BCUT2D eigenvalue weighted by molar-refractivity contribution is 0.241. The van der Waals surface area contributed by atoms with E-state index >= 15 is 0 Å². The SMILES string of the molecule is CCNC(=O)NCCCc1ccc(OC)c(OC)c1. The van der Waals surface area contributed by atoms with Crippen molar-refractivity contribution >= 4 is 6.03 Å². The van der Waals surface area contributed by atoms with Gasteiger partial charge in [0, 0.05) is 13.1 Å². The Morgan fingerprint density at radius 1 is 1.16 bits per heavy atom. The summed E-state index contributed by atoms with van der Waals surface area (Å²) in [6, 6.07) is 5.75. The van der Waals surface area contributed by atoms with Crippen molar-refractivity contribution in [3.05, 3.63) is 23.8 Å². The fourth-order valence-electron chi connectivity index (χ4n) is 1.75. The average molecular weight is 266 g/mol. The molecule has 106 valence electrons. The Balaban J connectivity index is 2.39. The van der Waals surface area contributed by atoms with Gasteiger partial charge in [-0.1, -0.05) is 6.07 Å².